The van der Waals surface area contributed by atoms with E-state index in [0.29, 0.717) is 12.6 Å². The zero-order valence-electron chi connectivity index (χ0n) is 15.1. The van der Waals surface area contributed by atoms with E-state index in [1.807, 2.05) is 23.8 Å². The minimum absolute atomic E-state index is 0.334. The van der Waals surface area contributed by atoms with Gasteiger partial charge in [-0.1, -0.05) is 6.92 Å². The quantitative estimate of drug-likeness (QED) is 0.477. The van der Waals surface area contributed by atoms with Crippen LogP contribution in [0.4, 0.5) is 0 Å². The second-order valence-electron chi connectivity index (χ2n) is 6.15. The predicted octanol–water partition coefficient (Wildman–Crippen LogP) is 2.24. The topological polar surface area (TPSA) is 59.9 Å². The van der Waals surface area contributed by atoms with Gasteiger partial charge in [0.05, 0.1) is 6.54 Å². The van der Waals surface area contributed by atoms with Gasteiger partial charge in [0, 0.05) is 25.7 Å². The van der Waals surface area contributed by atoms with Crippen LogP contribution in [0.25, 0.3) is 0 Å². The third-order valence-electron chi connectivity index (χ3n) is 4.13. The average Bonchev–Trinajstić information content (AvgIpc) is 3.07. The van der Waals surface area contributed by atoms with E-state index in [9.17, 15) is 5.11 Å². The molecule has 0 saturated carbocycles. The Bertz CT molecular complexity index is 459. The Morgan fingerprint density at radius 2 is 2.17 bits per heavy atom. The van der Waals surface area contributed by atoms with E-state index in [0.717, 1.165) is 37.6 Å². The van der Waals surface area contributed by atoms with Crippen molar-refractivity contribution in [1.29, 1.82) is 0 Å². The first-order chi connectivity index (χ1) is 10.9. The van der Waals surface area contributed by atoms with Gasteiger partial charge in [0.1, 0.15) is 5.60 Å². The maximum Gasteiger partial charge on any atom is 0.191 e. The second-order valence-corrected chi connectivity index (χ2v) is 6.93. The summed E-state index contributed by atoms with van der Waals surface area (Å²) in [6, 6.07) is 2.53. The van der Waals surface area contributed by atoms with Crippen LogP contribution in [-0.4, -0.2) is 55.2 Å². The molecule has 0 amide bonds. The van der Waals surface area contributed by atoms with Gasteiger partial charge in [0.15, 0.2) is 5.96 Å². The fraction of sp³-hybridized carbons (Fsp3) is 0.706. The highest BCUT2D eigenvalue weighted by Gasteiger charge is 2.23. The molecule has 2 unspecified atom stereocenters. The predicted molar refractivity (Wildman–Crippen MR) is 100 cm³/mol. The molecule has 1 aromatic rings. The molecular formula is C17H32N4OS. The molecule has 0 radical (unpaired) electrons. The van der Waals surface area contributed by atoms with Gasteiger partial charge in [0.25, 0.3) is 0 Å². The molecule has 3 N–H and O–H groups in total. The molecule has 1 rings (SSSR count). The van der Waals surface area contributed by atoms with Crippen molar-refractivity contribution in [3.05, 3.63) is 22.4 Å². The zero-order chi connectivity index (χ0) is 17.3. The zero-order valence-corrected chi connectivity index (χ0v) is 15.9. The van der Waals surface area contributed by atoms with Gasteiger partial charge in [-0.25, -0.2) is 4.99 Å². The smallest absolute Gasteiger partial charge is 0.191 e. The van der Waals surface area contributed by atoms with Gasteiger partial charge in [-0.05, 0) is 56.6 Å². The van der Waals surface area contributed by atoms with E-state index < -0.39 is 5.60 Å². The Balaban J connectivity index is 2.53. The lowest BCUT2D eigenvalue weighted by atomic mass is 10.00. The van der Waals surface area contributed by atoms with Crippen LogP contribution in [0.1, 0.15) is 39.7 Å². The van der Waals surface area contributed by atoms with Crippen LogP contribution in [-0.2, 0) is 5.60 Å². The highest BCUT2D eigenvalue weighted by atomic mass is 32.1. The molecule has 132 valence electrons. The fourth-order valence-corrected chi connectivity index (χ4v) is 2.90. The SMILES string of the molecule is CCNC(=NCC(C)(O)c1ccsc1)NCCN(C)C(C)CC. The summed E-state index contributed by atoms with van der Waals surface area (Å²) in [5.41, 5.74) is -0.0193. The Kier molecular flexibility index (Phi) is 8.58. The maximum atomic E-state index is 10.5. The first-order valence-electron chi connectivity index (χ1n) is 8.38. The standard InChI is InChI=1S/C17H32N4OS/c1-6-14(3)21(5)10-9-19-16(18-7-2)20-13-17(4,22)15-8-11-23-12-15/h8,11-12,14,22H,6-7,9-10,13H2,1-5H3,(H2,18,19,20). The van der Waals surface area contributed by atoms with Crippen molar-refractivity contribution in [2.45, 2.75) is 45.8 Å². The number of nitrogens with one attached hydrogen (secondary N) is 2. The lowest BCUT2D eigenvalue weighted by molar-refractivity contribution is 0.0677. The monoisotopic (exact) mass is 340 g/mol. The molecule has 0 spiro atoms. The Morgan fingerprint density at radius 1 is 1.43 bits per heavy atom. The van der Waals surface area contributed by atoms with Crippen molar-refractivity contribution in [2.75, 3.05) is 33.2 Å². The van der Waals surface area contributed by atoms with E-state index in [1.54, 1.807) is 18.3 Å². The largest absolute Gasteiger partial charge is 0.383 e. The number of aliphatic hydroxyl groups is 1. The first kappa shape index (κ1) is 19.9. The molecule has 0 aliphatic carbocycles. The summed E-state index contributed by atoms with van der Waals surface area (Å²) in [4.78, 5) is 6.86. The van der Waals surface area contributed by atoms with E-state index in [-0.39, 0.29) is 0 Å². The second kappa shape index (κ2) is 9.90. The molecule has 0 fully saturated rings. The number of thiophene rings is 1. The van der Waals surface area contributed by atoms with E-state index >= 15 is 0 Å². The maximum absolute atomic E-state index is 10.5. The van der Waals surface area contributed by atoms with Gasteiger partial charge in [-0.2, -0.15) is 11.3 Å². The number of aliphatic imine (C=N–C) groups is 1. The van der Waals surface area contributed by atoms with Crippen molar-refractivity contribution < 1.29 is 5.11 Å². The minimum atomic E-state index is -0.935. The number of nitrogens with zero attached hydrogens (tertiary/aromatic N) is 2. The summed E-state index contributed by atoms with van der Waals surface area (Å²) in [7, 11) is 2.14. The summed E-state index contributed by atoms with van der Waals surface area (Å²) in [5.74, 6) is 0.751. The molecule has 0 aliphatic rings. The van der Waals surface area contributed by atoms with Gasteiger partial charge in [0.2, 0.25) is 0 Å². The molecule has 1 heterocycles. The van der Waals surface area contributed by atoms with Crippen molar-refractivity contribution in [3.8, 4) is 0 Å². The van der Waals surface area contributed by atoms with E-state index in [1.165, 1.54) is 0 Å². The van der Waals surface area contributed by atoms with E-state index in [2.05, 4.69) is 41.4 Å². The molecule has 0 aromatic carbocycles. The third-order valence-corrected chi connectivity index (χ3v) is 4.82. The summed E-state index contributed by atoms with van der Waals surface area (Å²) >= 11 is 1.59. The van der Waals surface area contributed by atoms with E-state index in [4.69, 9.17) is 0 Å². The number of likely N-dealkylation sites (N-methyl/N-ethyl adjacent to an activating group) is 1. The van der Waals surface area contributed by atoms with Crippen LogP contribution in [0, 0.1) is 0 Å². The summed E-state index contributed by atoms with van der Waals surface area (Å²) in [6.07, 6.45) is 1.15. The lowest BCUT2D eigenvalue weighted by Crippen LogP contribution is -2.43. The fourth-order valence-electron chi connectivity index (χ4n) is 2.12. The molecule has 0 aliphatic heterocycles. The number of hydrogen-bond donors (Lipinski definition) is 3. The summed E-state index contributed by atoms with van der Waals surface area (Å²) in [5, 5.41) is 21.1. The average molecular weight is 341 g/mol. The lowest BCUT2D eigenvalue weighted by Gasteiger charge is -2.24. The molecule has 0 saturated heterocycles. The molecule has 2 atom stereocenters. The van der Waals surface area contributed by atoms with Gasteiger partial charge >= 0.3 is 0 Å². The molecule has 6 heteroatoms. The Hall–Kier alpha value is -1.11. The van der Waals surface area contributed by atoms with Crippen LogP contribution in [0.2, 0.25) is 0 Å². The molecule has 5 nitrogen and oxygen atoms in total. The number of hydrogen-bond acceptors (Lipinski definition) is 4. The number of rotatable bonds is 9. The van der Waals surface area contributed by atoms with Crippen molar-refractivity contribution >= 4 is 17.3 Å². The molecule has 1 aromatic heterocycles. The van der Waals surface area contributed by atoms with Gasteiger partial charge in [-0.15, -0.1) is 0 Å². The summed E-state index contributed by atoms with van der Waals surface area (Å²) in [6.45, 7) is 11.2. The molecular weight excluding hydrogens is 308 g/mol. The van der Waals surface area contributed by atoms with Gasteiger partial charge in [-0.3, -0.25) is 0 Å². The van der Waals surface area contributed by atoms with Gasteiger partial charge < -0.3 is 20.6 Å². The van der Waals surface area contributed by atoms with Crippen LogP contribution in [0.15, 0.2) is 21.8 Å². The van der Waals surface area contributed by atoms with Crippen molar-refractivity contribution in [3.63, 3.8) is 0 Å². The highest BCUT2D eigenvalue weighted by Crippen LogP contribution is 2.23. The van der Waals surface area contributed by atoms with Crippen LogP contribution in [0.5, 0.6) is 0 Å². The highest BCUT2D eigenvalue weighted by molar-refractivity contribution is 7.08. The molecule has 23 heavy (non-hydrogen) atoms. The van der Waals surface area contributed by atoms with Crippen LogP contribution < -0.4 is 10.6 Å². The summed E-state index contributed by atoms with van der Waals surface area (Å²) < 4.78 is 0. The number of guanidine groups is 1. The Morgan fingerprint density at radius 3 is 2.74 bits per heavy atom. The molecule has 0 bridgehead atoms. The van der Waals surface area contributed by atoms with Crippen molar-refractivity contribution in [1.82, 2.24) is 15.5 Å². The van der Waals surface area contributed by atoms with Crippen molar-refractivity contribution in [2.24, 2.45) is 4.99 Å². The van der Waals surface area contributed by atoms with Crippen LogP contribution in [0.3, 0.4) is 0 Å². The minimum Gasteiger partial charge on any atom is -0.383 e. The normalized spacial score (nSPS) is 16.2. The third kappa shape index (κ3) is 6.89. The Labute approximate surface area is 144 Å². The first-order valence-corrected chi connectivity index (χ1v) is 9.32. The van der Waals surface area contributed by atoms with Crippen LogP contribution >= 0.6 is 11.3 Å².